The van der Waals surface area contributed by atoms with E-state index in [9.17, 15) is 14.6 Å². The fraction of sp³-hybridized carbons (Fsp3) is 0.857. The minimum atomic E-state index is -0.956. The Morgan fingerprint density at radius 2 is 1.93 bits per heavy atom. The fourth-order valence-corrected chi connectivity index (χ4v) is 1.17. The van der Waals surface area contributed by atoms with E-state index in [0.717, 1.165) is 0 Å². The molecule has 0 saturated carbocycles. The zero-order valence-corrected chi connectivity index (χ0v) is 8.53. The van der Waals surface area contributed by atoms with Gasteiger partial charge in [0.05, 0.1) is 6.42 Å². The van der Waals surface area contributed by atoms with Gasteiger partial charge in [0.25, 0.3) is 5.91 Å². The number of nitrogens with zero attached hydrogens (tertiary/aromatic N) is 4. The lowest BCUT2D eigenvalue weighted by Gasteiger charge is -2.18. The number of hydrogen-bond acceptors (Lipinski definition) is 6. The van der Waals surface area contributed by atoms with Gasteiger partial charge in [0.15, 0.2) is 0 Å². The van der Waals surface area contributed by atoms with Crippen LogP contribution >= 0.6 is 0 Å². The van der Waals surface area contributed by atoms with Crippen molar-refractivity contribution in [1.82, 2.24) is 0 Å². The lowest BCUT2D eigenvalue weighted by atomic mass is 9.95. The SMILES string of the molecule is CC(C)[C@@H](N=NN)[C@H](CC(=O)N=O)N=O. The average molecular weight is 215 g/mol. The van der Waals surface area contributed by atoms with Gasteiger partial charge in [0.2, 0.25) is 0 Å². The molecule has 84 valence electrons. The molecule has 0 rings (SSSR count). The van der Waals surface area contributed by atoms with Crippen LogP contribution in [0.4, 0.5) is 0 Å². The van der Waals surface area contributed by atoms with Crippen molar-refractivity contribution in [2.75, 3.05) is 0 Å². The zero-order valence-electron chi connectivity index (χ0n) is 8.53. The number of hydrogen-bond donors (Lipinski definition) is 1. The normalized spacial score (nSPS) is 15.1. The number of nitrogens with two attached hydrogens (primary N) is 1. The van der Waals surface area contributed by atoms with Crippen molar-refractivity contribution in [1.29, 1.82) is 0 Å². The third-order valence-electron chi connectivity index (χ3n) is 1.90. The lowest BCUT2D eigenvalue weighted by molar-refractivity contribution is -0.118. The lowest BCUT2D eigenvalue weighted by Crippen LogP contribution is -2.29. The van der Waals surface area contributed by atoms with Gasteiger partial charge >= 0.3 is 0 Å². The molecule has 0 aromatic rings. The van der Waals surface area contributed by atoms with E-state index in [-0.39, 0.29) is 12.3 Å². The van der Waals surface area contributed by atoms with Crippen LogP contribution in [0.1, 0.15) is 20.3 Å². The maximum atomic E-state index is 10.7. The number of amides is 1. The predicted molar refractivity (Wildman–Crippen MR) is 52.7 cm³/mol. The first kappa shape index (κ1) is 13.3. The van der Waals surface area contributed by atoms with E-state index in [1.807, 2.05) is 0 Å². The molecule has 0 fully saturated rings. The van der Waals surface area contributed by atoms with Crippen molar-refractivity contribution in [3.63, 3.8) is 0 Å². The molecule has 2 N–H and O–H groups in total. The van der Waals surface area contributed by atoms with E-state index >= 15 is 0 Å². The minimum Gasteiger partial charge on any atom is -0.305 e. The molecular weight excluding hydrogens is 202 g/mol. The summed E-state index contributed by atoms with van der Waals surface area (Å²) in [5, 5.41) is 11.6. The molecule has 0 aromatic carbocycles. The molecule has 0 aliphatic rings. The topological polar surface area (TPSA) is 127 Å². The summed E-state index contributed by atoms with van der Waals surface area (Å²) in [5.74, 6) is 3.86. The first-order chi connectivity index (χ1) is 7.06. The highest BCUT2D eigenvalue weighted by Gasteiger charge is 2.28. The molecule has 8 heteroatoms. The Labute approximate surface area is 86.2 Å². The molecule has 8 nitrogen and oxygen atoms in total. The third-order valence-corrected chi connectivity index (χ3v) is 1.90. The summed E-state index contributed by atoms with van der Waals surface area (Å²) < 4.78 is 0. The van der Waals surface area contributed by atoms with Gasteiger partial charge in [-0.05, 0) is 5.92 Å². The Bertz CT molecular complexity index is 265. The van der Waals surface area contributed by atoms with Crippen molar-refractivity contribution in [3.8, 4) is 0 Å². The van der Waals surface area contributed by atoms with E-state index in [2.05, 4.69) is 20.7 Å². The second-order valence-corrected chi connectivity index (χ2v) is 3.33. The third kappa shape index (κ3) is 4.34. The Balaban J connectivity index is 4.65. The van der Waals surface area contributed by atoms with Crippen molar-refractivity contribution in [2.24, 2.45) is 32.5 Å². The molecule has 0 heterocycles. The van der Waals surface area contributed by atoms with Crippen LogP contribution in [-0.4, -0.2) is 18.0 Å². The van der Waals surface area contributed by atoms with Gasteiger partial charge in [-0.2, -0.15) is 10.0 Å². The van der Waals surface area contributed by atoms with Crippen molar-refractivity contribution >= 4 is 5.91 Å². The average Bonchev–Trinajstić information content (AvgIpc) is 2.22. The minimum absolute atomic E-state index is 0.0700. The molecule has 0 spiro atoms. The Kier molecular flexibility index (Phi) is 5.91. The molecule has 15 heavy (non-hydrogen) atoms. The standard InChI is InChI=1S/C7H13N5O3/c1-4(2)7(9-12-8)5(10-14)3-6(13)11-15/h4-5,7H,3H2,1-2H3,(H2,8,9)/t5-,7+/m0/s1. The maximum absolute atomic E-state index is 10.7. The number of carbonyl (C=O) groups excluding carboxylic acids is 1. The molecule has 0 saturated heterocycles. The van der Waals surface area contributed by atoms with Crippen molar-refractivity contribution < 1.29 is 4.79 Å². The smallest absolute Gasteiger partial charge is 0.288 e. The van der Waals surface area contributed by atoms with Gasteiger partial charge in [-0.3, -0.25) is 4.79 Å². The molecule has 0 aromatic heterocycles. The zero-order chi connectivity index (χ0) is 11.8. The van der Waals surface area contributed by atoms with Gasteiger partial charge in [-0.25, -0.2) is 0 Å². The van der Waals surface area contributed by atoms with E-state index in [4.69, 9.17) is 5.84 Å². The van der Waals surface area contributed by atoms with Gasteiger partial charge in [0, 0.05) is 5.18 Å². The van der Waals surface area contributed by atoms with Gasteiger partial charge < -0.3 is 5.84 Å². The Morgan fingerprint density at radius 1 is 1.33 bits per heavy atom. The van der Waals surface area contributed by atoms with Crippen molar-refractivity contribution in [2.45, 2.75) is 32.4 Å². The number of rotatable bonds is 6. The highest BCUT2D eigenvalue weighted by molar-refractivity contribution is 5.77. The van der Waals surface area contributed by atoms with E-state index in [1.54, 1.807) is 13.8 Å². The summed E-state index contributed by atoms with van der Waals surface area (Å²) in [6.45, 7) is 3.55. The molecule has 1 amide bonds. The summed E-state index contributed by atoms with van der Waals surface area (Å²) in [6, 6.07) is -1.57. The largest absolute Gasteiger partial charge is 0.305 e. The molecule has 0 aliphatic carbocycles. The van der Waals surface area contributed by atoms with Gasteiger partial charge in [-0.15, -0.1) is 4.91 Å². The molecule has 0 aliphatic heterocycles. The maximum Gasteiger partial charge on any atom is 0.288 e. The van der Waals surface area contributed by atoms with Crippen LogP contribution in [0.15, 0.2) is 20.7 Å². The quantitative estimate of drug-likeness (QED) is 0.308. The van der Waals surface area contributed by atoms with E-state index in [0.29, 0.717) is 0 Å². The molecular formula is C7H13N5O3. The van der Waals surface area contributed by atoms with Crippen LogP contribution < -0.4 is 5.84 Å². The summed E-state index contributed by atoms with van der Waals surface area (Å²) in [6.07, 6.45) is -0.366. The van der Waals surface area contributed by atoms with Crippen LogP contribution in [0.25, 0.3) is 0 Å². The molecule has 0 radical (unpaired) electrons. The van der Waals surface area contributed by atoms with Crippen LogP contribution in [0, 0.1) is 15.7 Å². The summed E-state index contributed by atoms with van der Waals surface area (Å²) in [7, 11) is 0. The molecule has 0 bridgehead atoms. The first-order valence-electron chi connectivity index (χ1n) is 4.35. The van der Waals surface area contributed by atoms with Crippen LogP contribution in [0.2, 0.25) is 0 Å². The fourth-order valence-electron chi connectivity index (χ4n) is 1.17. The first-order valence-corrected chi connectivity index (χ1v) is 4.35. The monoisotopic (exact) mass is 215 g/mol. The molecule has 2 atom stereocenters. The van der Waals surface area contributed by atoms with Crippen molar-refractivity contribution in [3.05, 3.63) is 9.81 Å². The summed E-state index contributed by atoms with van der Waals surface area (Å²) in [5.41, 5.74) is 0. The van der Waals surface area contributed by atoms with E-state index < -0.39 is 18.0 Å². The second kappa shape index (κ2) is 6.68. The van der Waals surface area contributed by atoms with Gasteiger partial charge in [-0.1, -0.05) is 24.2 Å². The number of nitroso groups, excluding NO2 is 2. The summed E-state index contributed by atoms with van der Waals surface area (Å²) in [4.78, 5) is 31.1. The highest BCUT2D eigenvalue weighted by atomic mass is 16.3. The molecule has 0 unspecified atom stereocenters. The van der Waals surface area contributed by atoms with E-state index in [1.165, 1.54) is 0 Å². The Hall–Kier alpha value is -1.73. The Morgan fingerprint density at radius 3 is 2.27 bits per heavy atom. The van der Waals surface area contributed by atoms with Crippen LogP contribution in [0.3, 0.4) is 0 Å². The van der Waals surface area contributed by atoms with Crippen LogP contribution in [0.5, 0.6) is 0 Å². The highest BCUT2D eigenvalue weighted by Crippen LogP contribution is 2.17. The second-order valence-electron chi connectivity index (χ2n) is 3.33. The van der Waals surface area contributed by atoms with Crippen LogP contribution in [-0.2, 0) is 4.79 Å². The summed E-state index contributed by atoms with van der Waals surface area (Å²) >= 11 is 0. The predicted octanol–water partition coefficient (Wildman–Crippen LogP) is 1.16. The number of carbonyl (C=O) groups is 1. The van der Waals surface area contributed by atoms with Gasteiger partial charge in [0.1, 0.15) is 12.1 Å².